The minimum Gasteiger partial charge on any atom is -0.298 e. The highest BCUT2D eigenvalue weighted by molar-refractivity contribution is 7.90. The summed E-state index contributed by atoms with van der Waals surface area (Å²) in [5, 5.41) is 5.08. The van der Waals surface area contributed by atoms with E-state index in [-0.39, 0.29) is 10.5 Å². The van der Waals surface area contributed by atoms with E-state index in [4.69, 9.17) is 0 Å². The molecule has 3 aromatic rings. The highest BCUT2D eigenvalue weighted by atomic mass is 32.2. The topological polar surface area (TPSA) is 76.1 Å². The van der Waals surface area contributed by atoms with Crippen molar-refractivity contribution < 1.29 is 13.2 Å². The average Bonchev–Trinajstić information content (AvgIpc) is 3.09. The van der Waals surface area contributed by atoms with Gasteiger partial charge in [-0.15, -0.1) is 11.3 Å². The van der Waals surface area contributed by atoms with Gasteiger partial charge in [0.1, 0.15) is 0 Å². The van der Waals surface area contributed by atoms with E-state index in [2.05, 4.69) is 36.3 Å². The average molecular weight is 401 g/mol. The van der Waals surface area contributed by atoms with Crippen molar-refractivity contribution >= 4 is 32.2 Å². The number of amides is 1. The van der Waals surface area contributed by atoms with Gasteiger partial charge in [0.15, 0.2) is 15.0 Å². The molecular formula is C20H20N2O3S2. The molecule has 1 aromatic heterocycles. The van der Waals surface area contributed by atoms with Gasteiger partial charge < -0.3 is 0 Å². The number of nitrogens with zero attached hydrogens (tertiary/aromatic N) is 1. The molecule has 0 aliphatic carbocycles. The van der Waals surface area contributed by atoms with Gasteiger partial charge in [-0.1, -0.05) is 44.2 Å². The lowest BCUT2D eigenvalue weighted by Gasteiger charge is -2.05. The second-order valence-corrected chi connectivity index (χ2v) is 9.44. The lowest BCUT2D eigenvalue weighted by atomic mass is 10.0. The van der Waals surface area contributed by atoms with Gasteiger partial charge in [0.05, 0.1) is 10.6 Å². The fourth-order valence-corrected chi connectivity index (χ4v) is 3.92. The van der Waals surface area contributed by atoms with Crippen molar-refractivity contribution in [3.05, 3.63) is 65.0 Å². The van der Waals surface area contributed by atoms with Crippen LogP contribution in [0.3, 0.4) is 0 Å². The van der Waals surface area contributed by atoms with Gasteiger partial charge in [0, 0.05) is 22.8 Å². The van der Waals surface area contributed by atoms with E-state index < -0.39 is 15.7 Å². The number of hydrogen-bond acceptors (Lipinski definition) is 5. The Morgan fingerprint density at radius 1 is 1.11 bits per heavy atom. The van der Waals surface area contributed by atoms with E-state index in [1.807, 2.05) is 17.5 Å². The number of carbonyl (C=O) groups is 1. The lowest BCUT2D eigenvalue weighted by Crippen LogP contribution is -2.12. The summed E-state index contributed by atoms with van der Waals surface area (Å²) >= 11 is 1.33. The van der Waals surface area contributed by atoms with Crippen molar-refractivity contribution in [2.75, 3.05) is 11.6 Å². The molecule has 0 saturated heterocycles. The molecule has 1 heterocycles. The highest BCUT2D eigenvalue weighted by Gasteiger charge is 2.13. The molecule has 140 valence electrons. The zero-order valence-electron chi connectivity index (χ0n) is 15.3. The molecule has 0 aliphatic rings. The van der Waals surface area contributed by atoms with Gasteiger partial charge in [-0.05, 0) is 29.7 Å². The number of benzene rings is 2. The number of aromatic nitrogens is 1. The summed E-state index contributed by atoms with van der Waals surface area (Å²) < 4.78 is 23.3. The van der Waals surface area contributed by atoms with Crippen LogP contribution in [0.15, 0.2) is 58.8 Å². The van der Waals surface area contributed by atoms with Gasteiger partial charge in [-0.2, -0.15) is 0 Å². The minimum atomic E-state index is -3.37. The third-order valence-corrected chi connectivity index (χ3v) is 5.99. The van der Waals surface area contributed by atoms with E-state index in [1.54, 1.807) is 12.1 Å². The predicted molar refractivity (Wildman–Crippen MR) is 109 cm³/mol. The molecule has 0 fully saturated rings. The van der Waals surface area contributed by atoms with Crippen molar-refractivity contribution in [3.63, 3.8) is 0 Å². The number of anilines is 1. The zero-order valence-corrected chi connectivity index (χ0v) is 16.9. The number of nitrogens with one attached hydrogen (secondary N) is 1. The van der Waals surface area contributed by atoms with Gasteiger partial charge in [0.2, 0.25) is 0 Å². The Balaban J connectivity index is 1.77. The molecule has 0 radical (unpaired) electrons. The number of hydrogen-bond donors (Lipinski definition) is 1. The Hall–Kier alpha value is -2.51. The highest BCUT2D eigenvalue weighted by Crippen LogP contribution is 2.27. The van der Waals surface area contributed by atoms with E-state index in [9.17, 15) is 13.2 Å². The summed E-state index contributed by atoms with van der Waals surface area (Å²) in [6.07, 6.45) is 1.11. The van der Waals surface area contributed by atoms with Crippen molar-refractivity contribution in [1.82, 2.24) is 4.98 Å². The number of sulfone groups is 1. The molecule has 3 rings (SSSR count). The number of thiazole rings is 1. The lowest BCUT2D eigenvalue weighted by molar-refractivity contribution is 0.102. The Morgan fingerprint density at radius 2 is 1.81 bits per heavy atom. The fourth-order valence-electron chi connectivity index (χ4n) is 2.54. The monoisotopic (exact) mass is 400 g/mol. The molecule has 27 heavy (non-hydrogen) atoms. The SMILES string of the molecule is CC(C)c1ccc(-c2csc(NC(=O)c3cccc(S(C)(=O)=O)c3)n2)cc1. The van der Waals surface area contributed by atoms with Crippen LogP contribution in [0.25, 0.3) is 11.3 Å². The number of rotatable bonds is 5. The second-order valence-electron chi connectivity index (χ2n) is 6.57. The normalized spacial score (nSPS) is 11.6. The molecule has 2 aromatic carbocycles. The van der Waals surface area contributed by atoms with Crippen LogP contribution in [0.1, 0.15) is 35.7 Å². The summed E-state index contributed by atoms with van der Waals surface area (Å²) in [6, 6.07) is 14.1. The van der Waals surface area contributed by atoms with Crippen LogP contribution in [-0.4, -0.2) is 25.6 Å². The van der Waals surface area contributed by atoms with E-state index >= 15 is 0 Å². The third-order valence-electron chi connectivity index (χ3n) is 4.12. The van der Waals surface area contributed by atoms with Crippen molar-refractivity contribution in [1.29, 1.82) is 0 Å². The van der Waals surface area contributed by atoms with Crippen LogP contribution in [-0.2, 0) is 9.84 Å². The van der Waals surface area contributed by atoms with Crippen LogP contribution in [0.5, 0.6) is 0 Å². The minimum absolute atomic E-state index is 0.111. The standard InChI is InChI=1S/C20H20N2O3S2/c1-13(2)14-7-9-15(10-8-14)18-12-26-20(21-18)22-19(23)16-5-4-6-17(11-16)27(3,24)25/h4-13H,1-3H3,(H,21,22,23). The molecule has 0 atom stereocenters. The van der Waals surface area contributed by atoms with Crippen molar-refractivity contribution in [2.45, 2.75) is 24.7 Å². The molecule has 0 unspecified atom stereocenters. The summed E-state index contributed by atoms with van der Waals surface area (Å²) in [5.74, 6) is 0.0728. The van der Waals surface area contributed by atoms with Gasteiger partial charge in [-0.25, -0.2) is 13.4 Å². The van der Waals surface area contributed by atoms with Gasteiger partial charge in [-0.3, -0.25) is 10.1 Å². The fraction of sp³-hybridized carbons (Fsp3) is 0.200. The molecule has 1 N–H and O–H groups in total. The Kier molecular flexibility index (Phi) is 5.43. The first-order valence-corrected chi connectivity index (χ1v) is 11.2. The first kappa shape index (κ1) is 19.3. The van der Waals surface area contributed by atoms with E-state index in [0.717, 1.165) is 17.5 Å². The largest absolute Gasteiger partial charge is 0.298 e. The van der Waals surface area contributed by atoms with Crippen LogP contribution >= 0.6 is 11.3 Å². The van der Waals surface area contributed by atoms with Gasteiger partial charge >= 0.3 is 0 Å². The van der Waals surface area contributed by atoms with Gasteiger partial charge in [0.25, 0.3) is 5.91 Å². The number of carbonyl (C=O) groups excluding carboxylic acids is 1. The molecular weight excluding hydrogens is 380 g/mol. The van der Waals surface area contributed by atoms with E-state index in [0.29, 0.717) is 11.0 Å². The molecule has 5 nitrogen and oxygen atoms in total. The van der Waals surface area contributed by atoms with Crippen molar-refractivity contribution in [2.24, 2.45) is 0 Å². The van der Waals surface area contributed by atoms with Crippen molar-refractivity contribution in [3.8, 4) is 11.3 Å². The second kappa shape index (κ2) is 7.62. The van der Waals surface area contributed by atoms with Crippen LogP contribution in [0, 0.1) is 0 Å². The Bertz CT molecular complexity index is 1070. The Labute approximate surface area is 163 Å². The zero-order chi connectivity index (χ0) is 19.6. The Morgan fingerprint density at radius 3 is 2.44 bits per heavy atom. The van der Waals surface area contributed by atoms with Crippen LogP contribution < -0.4 is 5.32 Å². The quantitative estimate of drug-likeness (QED) is 0.680. The van der Waals surface area contributed by atoms with Crippen LogP contribution in [0.4, 0.5) is 5.13 Å². The first-order valence-electron chi connectivity index (χ1n) is 8.41. The summed E-state index contributed by atoms with van der Waals surface area (Å²) in [6.45, 7) is 4.29. The third kappa shape index (κ3) is 4.61. The predicted octanol–water partition coefficient (Wildman–Crippen LogP) is 4.59. The summed E-state index contributed by atoms with van der Waals surface area (Å²) in [7, 11) is -3.37. The maximum absolute atomic E-state index is 12.4. The maximum Gasteiger partial charge on any atom is 0.257 e. The molecule has 0 saturated carbocycles. The summed E-state index contributed by atoms with van der Waals surface area (Å²) in [4.78, 5) is 17.0. The molecule has 1 amide bonds. The molecule has 7 heteroatoms. The van der Waals surface area contributed by atoms with E-state index in [1.165, 1.54) is 29.0 Å². The molecule has 0 aliphatic heterocycles. The smallest absolute Gasteiger partial charge is 0.257 e. The molecule has 0 spiro atoms. The first-order chi connectivity index (χ1) is 12.7. The van der Waals surface area contributed by atoms with Crippen LogP contribution in [0.2, 0.25) is 0 Å². The summed E-state index contributed by atoms with van der Waals surface area (Å²) in [5.41, 5.74) is 3.30. The maximum atomic E-state index is 12.4. The molecule has 0 bridgehead atoms.